The lowest BCUT2D eigenvalue weighted by atomic mass is 9.81. The van der Waals surface area contributed by atoms with Gasteiger partial charge in [0, 0.05) is 36.5 Å². The Bertz CT molecular complexity index is 796. The molecule has 2 amide bonds. The van der Waals surface area contributed by atoms with E-state index in [1.807, 2.05) is 37.3 Å². The van der Waals surface area contributed by atoms with E-state index in [2.05, 4.69) is 22.5 Å². The molecule has 1 aliphatic carbocycles. The first-order valence-corrected chi connectivity index (χ1v) is 9.57. The van der Waals surface area contributed by atoms with Gasteiger partial charge in [0.1, 0.15) is 0 Å². The van der Waals surface area contributed by atoms with Crippen molar-refractivity contribution in [2.75, 3.05) is 5.32 Å². The summed E-state index contributed by atoms with van der Waals surface area (Å²) in [6.07, 6.45) is 6.47. The van der Waals surface area contributed by atoms with E-state index in [0.717, 1.165) is 36.9 Å². The third-order valence-electron chi connectivity index (χ3n) is 5.46. The highest BCUT2D eigenvalue weighted by molar-refractivity contribution is 5.93. The van der Waals surface area contributed by atoms with Crippen LogP contribution in [0.3, 0.4) is 0 Å². The molecule has 0 aliphatic heterocycles. The number of carbonyl (C=O) groups is 2. The molecule has 0 radical (unpaired) electrons. The number of aromatic nitrogens is 1. The largest absolute Gasteiger partial charge is 0.352 e. The van der Waals surface area contributed by atoms with Crippen LogP contribution in [-0.4, -0.2) is 16.8 Å². The van der Waals surface area contributed by atoms with Crippen LogP contribution in [0.25, 0.3) is 0 Å². The zero-order valence-electron chi connectivity index (χ0n) is 16.0. The maximum Gasteiger partial charge on any atom is 0.227 e. The SMILES string of the molecule is Cc1ccc(NC(=O)C2CCC(C(=O)NCc3ccncc3)CC2)cc1C. The quantitative estimate of drug-likeness (QED) is 0.847. The Kier molecular flexibility index (Phi) is 6.22. The third kappa shape index (κ3) is 5.16. The Morgan fingerprint density at radius 1 is 0.926 bits per heavy atom. The summed E-state index contributed by atoms with van der Waals surface area (Å²) in [5, 5.41) is 6.02. The third-order valence-corrected chi connectivity index (χ3v) is 5.46. The minimum Gasteiger partial charge on any atom is -0.352 e. The van der Waals surface area contributed by atoms with Gasteiger partial charge in [0.25, 0.3) is 0 Å². The van der Waals surface area contributed by atoms with Crippen molar-refractivity contribution in [1.82, 2.24) is 10.3 Å². The number of pyridine rings is 1. The predicted molar refractivity (Wildman–Crippen MR) is 106 cm³/mol. The highest BCUT2D eigenvalue weighted by Crippen LogP contribution is 2.30. The first-order valence-electron chi connectivity index (χ1n) is 9.57. The van der Waals surface area contributed by atoms with Crippen molar-refractivity contribution in [2.24, 2.45) is 11.8 Å². The van der Waals surface area contributed by atoms with Crippen LogP contribution >= 0.6 is 0 Å². The Balaban J connectivity index is 1.45. The lowest BCUT2D eigenvalue weighted by molar-refractivity contribution is -0.128. The van der Waals surface area contributed by atoms with Crippen LogP contribution in [0.4, 0.5) is 5.69 Å². The first kappa shape index (κ1) is 19.1. The van der Waals surface area contributed by atoms with Crippen molar-refractivity contribution in [3.63, 3.8) is 0 Å². The molecule has 1 aliphatic rings. The Labute approximate surface area is 160 Å². The molecule has 1 aromatic heterocycles. The topological polar surface area (TPSA) is 71.1 Å². The molecule has 5 heteroatoms. The van der Waals surface area contributed by atoms with Gasteiger partial charge in [-0.25, -0.2) is 0 Å². The summed E-state index contributed by atoms with van der Waals surface area (Å²) in [4.78, 5) is 28.9. The van der Waals surface area contributed by atoms with Gasteiger partial charge < -0.3 is 10.6 Å². The molecule has 1 fully saturated rings. The summed E-state index contributed by atoms with van der Waals surface area (Å²) in [6.45, 7) is 4.62. The van der Waals surface area contributed by atoms with Crippen molar-refractivity contribution in [3.8, 4) is 0 Å². The second-order valence-corrected chi connectivity index (χ2v) is 7.41. The van der Waals surface area contributed by atoms with Gasteiger partial charge in [0.15, 0.2) is 0 Å². The zero-order valence-corrected chi connectivity index (χ0v) is 16.0. The number of hydrogen-bond acceptors (Lipinski definition) is 3. The van der Waals surface area contributed by atoms with Gasteiger partial charge in [-0.1, -0.05) is 6.07 Å². The van der Waals surface area contributed by atoms with Gasteiger partial charge >= 0.3 is 0 Å². The van der Waals surface area contributed by atoms with E-state index in [-0.39, 0.29) is 23.7 Å². The Morgan fingerprint density at radius 2 is 1.56 bits per heavy atom. The predicted octanol–water partition coefficient (Wildman–Crippen LogP) is 3.76. The van der Waals surface area contributed by atoms with Gasteiger partial charge in [0.2, 0.25) is 11.8 Å². The molecular weight excluding hydrogens is 338 g/mol. The molecular formula is C22H27N3O2. The van der Waals surface area contributed by atoms with Gasteiger partial charge in [-0.3, -0.25) is 14.6 Å². The number of benzene rings is 1. The molecule has 0 spiro atoms. The average Bonchev–Trinajstić information content (AvgIpc) is 2.70. The van der Waals surface area contributed by atoms with Crippen LogP contribution in [0.2, 0.25) is 0 Å². The lowest BCUT2D eigenvalue weighted by Gasteiger charge is -2.27. The number of nitrogens with zero attached hydrogens (tertiary/aromatic N) is 1. The van der Waals surface area contributed by atoms with Crippen LogP contribution in [0.5, 0.6) is 0 Å². The number of anilines is 1. The van der Waals surface area contributed by atoms with E-state index in [4.69, 9.17) is 0 Å². The van der Waals surface area contributed by atoms with Crippen molar-refractivity contribution < 1.29 is 9.59 Å². The van der Waals surface area contributed by atoms with E-state index in [1.165, 1.54) is 11.1 Å². The van der Waals surface area contributed by atoms with E-state index in [0.29, 0.717) is 6.54 Å². The fourth-order valence-corrected chi connectivity index (χ4v) is 3.52. The lowest BCUT2D eigenvalue weighted by Crippen LogP contribution is -2.35. The Morgan fingerprint density at radius 3 is 2.19 bits per heavy atom. The second kappa shape index (κ2) is 8.80. The summed E-state index contributed by atoms with van der Waals surface area (Å²) in [6, 6.07) is 9.77. The first-order chi connectivity index (χ1) is 13.0. The highest BCUT2D eigenvalue weighted by Gasteiger charge is 2.29. The molecule has 0 bridgehead atoms. The molecule has 2 N–H and O–H groups in total. The fraction of sp³-hybridized carbons (Fsp3) is 0.409. The monoisotopic (exact) mass is 365 g/mol. The van der Waals surface area contributed by atoms with E-state index < -0.39 is 0 Å². The molecule has 142 valence electrons. The number of rotatable bonds is 5. The maximum atomic E-state index is 12.5. The van der Waals surface area contributed by atoms with Gasteiger partial charge in [0.05, 0.1) is 0 Å². The minimum absolute atomic E-state index is 0.00231. The molecule has 5 nitrogen and oxygen atoms in total. The summed E-state index contributed by atoms with van der Waals surface area (Å²) >= 11 is 0. The van der Waals surface area contributed by atoms with Crippen molar-refractivity contribution in [2.45, 2.75) is 46.1 Å². The van der Waals surface area contributed by atoms with Gasteiger partial charge in [-0.15, -0.1) is 0 Å². The van der Waals surface area contributed by atoms with Crippen LogP contribution in [0, 0.1) is 25.7 Å². The molecule has 1 heterocycles. The molecule has 1 aromatic carbocycles. The average molecular weight is 365 g/mol. The minimum atomic E-state index is -0.0177. The number of carbonyl (C=O) groups excluding carboxylic acids is 2. The van der Waals surface area contributed by atoms with Crippen molar-refractivity contribution in [3.05, 3.63) is 59.4 Å². The number of aryl methyl sites for hydroxylation is 2. The Hall–Kier alpha value is -2.69. The molecule has 3 rings (SSSR count). The van der Waals surface area contributed by atoms with E-state index in [9.17, 15) is 9.59 Å². The summed E-state index contributed by atoms with van der Waals surface area (Å²) < 4.78 is 0. The van der Waals surface area contributed by atoms with Gasteiger partial charge in [-0.05, 0) is 80.5 Å². The molecule has 2 aromatic rings. The van der Waals surface area contributed by atoms with Crippen LogP contribution in [0.1, 0.15) is 42.4 Å². The molecule has 0 atom stereocenters. The molecule has 1 saturated carbocycles. The summed E-state index contributed by atoms with van der Waals surface area (Å²) in [5.74, 6) is 0.127. The second-order valence-electron chi connectivity index (χ2n) is 7.41. The molecule has 0 unspecified atom stereocenters. The highest BCUT2D eigenvalue weighted by atomic mass is 16.2. The van der Waals surface area contributed by atoms with E-state index in [1.54, 1.807) is 12.4 Å². The number of hydrogen-bond donors (Lipinski definition) is 2. The van der Waals surface area contributed by atoms with Gasteiger partial charge in [-0.2, -0.15) is 0 Å². The summed E-state index contributed by atoms with van der Waals surface area (Å²) in [7, 11) is 0. The maximum absolute atomic E-state index is 12.5. The van der Waals surface area contributed by atoms with Crippen molar-refractivity contribution >= 4 is 17.5 Å². The smallest absolute Gasteiger partial charge is 0.227 e. The van der Waals surface area contributed by atoms with E-state index >= 15 is 0 Å². The fourth-order valence-electron chi connectivity index (χ4n) is 3.52. The zero-order chi connectivity index (χ0) is 19.2. The van der Waals surface area contributed by atoms with Crippen LogP contribution in [0.15, 0.2) is 42.7 Å². The molecule has 0 saturated heterocycles. The normalized spacial score (nSPS) is 19.3. The van der Waals surface area contributed by atoms with Crippen LogP contribution < -0.4 is 10.6 Å². The number of nitrogens with one attached hydrogen (secondary N) is 2. The van der Waals surface area contributed by atoms with Crippen LogP contribution in [-0.2, 0) is 16.1 Å². The molecule has 27 heavy (non-hydrogen) atoms. The number of amides is 2. The van der Waals surface area contributed by atoms with Crippen molar-refractivity contribution in [1.29, 1.82) is 0 Å². The standard InChI is InChI=1S/C22H27N3O2/c1-15-3-8-20(13-16(15)2)25-22(27)19-6-4-18(5-7-19)21(26)24-14-17-9-11-23-12-10-17/h3,8-13,18-19H,4-7,14H2,1-2H3,(H,24,26)(H,25,27). The summed E-state index contributed by atoms with van der Waals surface area (Å²) in [5.41, 5.74) is 4.27.